The van der Waals surface area contributed by atoms with Crippen molar-refractivity contribution in [2.75, 3.05) is 0 Å². The first-order valence-electron chi connectivity index (χ1n) is 7.42. The molecule has 2 atom stereocenters. The van der Waals surface area contributed by atoms with Crippen molar-refractivity contribution in [3.63, 3.8) is 0 Å². The standard InChI is InChI=1S/C9H6I.C9H7.2ClH.H2S.Zr/c10-9-5-7-3-1-2-4-8(7)6-9;1-2-5-9-7-3-6-8(9)4-1;;;;/h1-6H;1-7H;2*1H;1H2;/q;;;;;+3/p-3. The molecule has 0 saturated heterocycles. The number of hydrogen-bond donors (Lipinski definition) is 1. The Morgan fingerprint density at radius 3 is 2.26 bits per heavy atom. The molecule has 2 aliphatic rings. The molecule has 5 heteroatoms. The van der Waals surface area contributed by atoms with Crippen LogP contribution in [0.2, 0.25) is 0 Å². The molecule has 0 spiro atoms. The number of thiol groups is 1. The Balaban J connectivity index is 1.88. The van der Waals surface area contributed by atoms with Crippen LogP contribution in [0.5, 0.6) is 0 Å². The molecule has 0 radical (unpaired) electrons. The van der Waals surface area contributed by atoms with E-state index in [2.05, 4.69) is 83.3 Å². The van der Waals surface area contributed by atoms with E-state index in [1.165, 1.54) is 25.8 Å². The number of halogens is 3. The molecule has 2 unspecified atom stereocenters. The maximum atomic E-state index is 7.30. The Bertz CT molecular complexity index is 867. The Morgan fingerprint density at radius 1 is 0.913 bits per heavy atom. The van der Waals surface area contributed by atoms with Gasteiger partial charge < -0.3 is 0 Å². The van der Waals surface area contributed by atoms with Crippen LogP contribution >= 0.6 is 49.0 Å². The molecule has 2 aromatic rings. The first-order valence-corrected chi connectivity index (χ1v) is 21.4. The second kappa shape index (κ2) is 5.74. The van der Waals surface area contributed by atoms with E-state index in [0.717, 1.165) is 0 Å². The van der Waals surface area contributed by atoms with Crippen LogP contribution in [-0.2, 0) is 14.9 Å². The van der Waals surface area contributed by atoms with Gasteiger partial charge in [-0.15, -0.1) is 0 Å². The van der Waals surface area contributed by atoms with E-state index < -0.39 is 14.9 Å². The van der Waals surface area contributed by atoms with Crippen molar-refractivity contribution in [2.24, 2.45) is 0 Å². The van der Waals surface area contributed by atoms with E-state index >= 15 is 0 Å². The van der Waals surface area contributed by atoms with E-state index in [1.807, 2.05) is 6.07 Å². The zero-order valence-corrected chi connectivity index (χ0v) is 19.1. The summed E-state index contributed by atoms with van der Waals surface area (Å²) in [5, 5.41) is 0. The fraction of sp³-hybridized carbons (Fsp3) is 0.111. The second-order valence-electron chi connectivity index (χ2n) is 6.16. The molecule has 0 aliphatic heterocycles. The summed E-state index contributed by atoms with van der Waals surface area (Å²) in [7, 11) is 19.7. The van der Waals surface area contributed by atoms with Gasteiger partial charge in [-0.2, -0.15) is 0 Å². The van der Waals surface area contributed by atoms with Gasteiger partial charge in [-0.25, -0.2) is 0 Å². The SMILES string of the molecule is [SH][Zr]([Cl])([Cl])([CH]1C=Cc2ccccc21)[CH]1C(I)=Cc2ccccc21. The molecule has 0 fully saturated rings. The van der Waals surface area contributed by atoms with Crippen molar-refractivity contribution in [3.8, 4) is 0 Å². The van der Waals surface area contributed by atoms with Gasteiger partial charge in [-0.3, -0.25) is 0 Å². The van der Waals surface area contributed by atoms with Gasteiger partial charge in [0.2, 0.25) is 0 Å². The number of rotatable bonds is 2. The average Bonchev–Trinajstić information content (AvgIpc) is 3.07. The van der Waals surface area contributed by atoms with Gasteiger partial charge in [-0.1, -0.05) is 0 Å². The van der Waals surface area contributed by atoms with Crippen LogP contribution in [0.1, 0.15) is 29.5 Å². The van der Waals surface area contributed by atoms with E-state index in [0.29, 0.717) is 0 Å². The molecule has 0 amide bonds. The third-order valence-corrected chi connectivity index (χ3v) is 23.7. The zero-order chi connectivity index (χ0) is 16.3. The number of benzene rings is 2. The third kappa shape index (κ3) is 2.66. The summed E-state index contributed by atoms with van der Waals surface area (Å²) in [4.78, 5) is 0. The topological polar surface area (TPSA) is 0 Å². The third-order valence-electron chi connectivity index (χ3n) is 4.74. The summed E-state index contributed by atoms with van der Waals surface area (Å²) < 4.78 is 1.25. The molecule has 2 aromatic carbocycles. The van der Waals surface area contributed by atoms with Gasteiger partial charge in [0.15, 0.2) is 0 Å². The van der Waals surface area contributed by atoms with Crippen molar-refractivity contribution in [1.82, 2.24) is 0 Å². The summed E-state index contributed by atoms with van der Waals surface area (Å²) in [5.74, 6) is 0. The molecular formula is C18H14Cl2ISZr. The summed E-state index contributed by atoms with van der Waals surface area (Å²) in [6.45, 7) is 0. The van der Waals surface area contributed by atoms with Crippen LogP contribution in [0.3, 0.4) is 0 Å². The van der Waals surface area contributed by atoms with Crippen LogP contribution in [0.15, 0.2) is 58.2 Å². The fourth-order valence-electron chi connectivity index (χ4n) is 3.69. The summed E-state index contributed by atoms with van der Waals surface area (Å²) in [6, 6.07) is 16.7. The Morgan fingerprint density at radius 2 is 1.52 bits per heavy atom. The first kappa shape index (κ1) is 16.9. The molecule has 0 saturated carbocycles. The van der Waals surface area contributed by atoms with Crippen LogP contribution in [0.25, 0.3) is 12.2 Å². The van der Waals surface area contributed by atoms with Gasteiger partial charge in [0.05, 0.1) is 0 Å². The van der Waals surface area contributed by atoms with Gasteiger partial charge in [0, 0.05) is 0 Å². The van der Waals surface area contributed by atoms with Crippen molar-refractivity contribution < 1.29 is 14.9 Å². The normalized spacial score (nSPS) is 23.8. The molecule has 0 nitrogen and oxygen atoms in total. The molecule has 2 aliphatic carbocycles. The average molecular weight is 551 g/mol. The number of hydrogen-bond acceptors (Lipinski definition) is 1. The molecule has 0 aromatic heterocycles. The molecule has 23 heavy (non-hydrogen) atoms. The van der Waals surface area contributed by atoms with Crippen LogP contribution in [0, 0.1) is 0 Å². The summed E-state index contributed by atoms with van der Waals surface area (Å²) >= 11 is -2.10. The van der Waals surface area contributed by atoms with Gasteiger partial charge in [-0.05, 0) is 0 Å². The predicted molar refractivity (Wildman–Crippen MR) is 110 cm³/mol. The molecule has 0 bridgehead atoms. The molecule has 4 rings (SSSR count). The molecule has 0 heterocycles. The minimum atomic E-state index is -4.48. The summed E-state index contributed by atoms with van der Waals surface area (Å²) in [6.07, 6.45) is 6.49. The van der Waals surface area contributed by atoms with E-state index in [4.69, 9.17) is 26.4 Å². The van der Waals surface area contributed by atoms with Gasteiger partial charge in [0.1, 0.15) is 0 Å². The Hall–Kier alpha value is 0.463. The first-order chi connectivity index (χ1) is 10.9. The Labute approximate surface area is 162 Å². The molecule has 0 N–H and O–H groups in total. The quantitative estimate of drug-likeness (QED) is 0.298. The zero-order valence-electron chi connectivity index (χ0n) is 12.1. The van der Waals surface area contributed by atoms with Crippen molar-refractivity contribution in [2.45, 2.75) is 7.25 Å². The number of fused-ring (bicyclic) bond motifs is 2. The van der Waals surface area contributed by atoms with Crippen molar-refractivity contribution in [1.29, 1.82) is 0 Å². The van der Waals surface area contributed by atoms with Crippen LogP contribution in [0.4, 0.5) is 0 Å². The van der Waals surface area contributed by atoms with Crippen LogP contribution < -0.4 is 0 Å². The molecular weight excluding hydrogens is 537 g/mol. The van der Waals surface area contributed by atoms with Crippen molar-refractivity contribution >= 4 is 61.2 Å². The van der Waals surface area contributed by atoms with E-state index in [9.17, 15) is 0 Å². The number of allylic oxidation sites excluding steroid dienone is 2. The summed E-state index contributed by atoms with van der Waals surface area (Å²) in [5.41, 5.74) is 4.86. The molecule has 117 valence electrons. The van der Waals surface area contributed by atoms with Gasteiger partial charge >= 0.3 is 164 Å². The van der Waals surface area contributed by atoms with Crippen molar-refractivity contribution in [3.05, 3.63) is 80.4 Å². The predicted octanol–water partition coefficient (Wildman–Crippen LogP) is 7.13. The van der Waals surface area contributed by atoms with Crippen LogP contribution in [-0.4, -0.2) is 0 Å². The maximum absolute atomic E-state index is 7.30. The Kier molecular flexibility index (Phi) is 4.22. The minimum absolute atomic E-state index is 0.0219. The monoisotopic (exact) mass is 549 g/mol. The fourth-order valence-corrected chi connectivity index (χ4v) is 27.2. The van der Waals surface area contributed by atoms with E-state index in [1.54, 1.807) is 0 Å². The van der Waals surface area contributed by atoms with Gasteiger partial charge in [0.25, 0.3) is 0 Å². The second-order valence-corrected chi connectivity index (χ2v) is 35.4. The van der Waals surface area contributed by atoms with E-state index in [-0.39, 0.29) is 7.25 Å².